The molecule has 15 heavy (non-hydrogen) atoms. The fourth-order valence-electron chi connectivity index (χ4n) is 1.32. The lowest BCUT2D eigenvalue weighted by atomic mass is 10.3. The summed E-state index contributed by atoms with van der Waals surface area (Å²) in [7, 11) is 0. The average Bonchev–Trinajstić information content (AvgIpc) is 2.53. The van der Waals surface area contributed by atoms with Crippen LogP contribution in [-0.2, 0) is 0 Å². The maximum absolute atomic E-state index is 13.6. The Hall–Kier alpha value is -1.55. The monoisotopic (exact) mass is 225 g/mol. The van der Waals surface area contributed by atoms with Crippen molar-refractivity contribution >= 4 is 17.3 Å². The Morgan fingerprint density at radius 2 is 2.20 bits per heavy atom. The van der Waals surface area contributed by atoms with Gasteiger partial charge in [-0.1, -0.05) is 17.7 Å². The van der Waals surface area contributed by atoms with Gasteiger partial charge >= 0.3 is 0 Å². The van der Waals surface area contributed by atoms with E-state index in [1.165, 1.54) is 16.9 Å². The van der Waals surface area contributed by atoms with Crippen molar-refractivity contribution in [3.63, 3.8) is 0 Å². The molecular formula is C10H9ClFN3. The van der Waals surface area contributed by atoms with Crippen LogP contribution in [0.1, 0.15) is 5.69 Å². The standard InChI is InChI=1S/C10H9ClFN3/c1-6-8(13)5-14-15(6)9-4-2-3-7(11)10(9)12/h2-5H,13H2,1H3. The SMILES string of the molecule is Cc1c(N)cnn1-c1cccc(Cl)c1F. The highest BCUT2D eigenvalue weighted by Crippen LogP contribution is 2.23. The molecule has 0 spiro atoms. The Labute approximate surface area is 91.3 Å². The molecule has 1 heterocycles. The summed E-state index contributed by atoms with van der Waals surface area (Å²) in [5.74, 6) is -0.495. The van der Waals surface area contributed by atoms with Gasteiger partial charge in [-0.15, -0.1) is 0 Å². The van der Waals surface area contributed by atoms with Crippen molar-refractivity contribution in [3.8, 4) is 5.69 Å². The third-order valence-electron chi connectivity index (χ3n) is 2.21. The summed E-state index contributed by atoms with van der Waals surface area (Å²) >= 11 is 5.68. The maximum Gasteiger partial charge on any atom is 0.167 e. The second kappa shape index (κ2) is 3.55. The van der Waals surface area contributed by atoms with E-state index >= 15 is 0 Å². The van der Waals surface area contributed by atoms with Crippen molar-refractivity contribution in [2.24, 2.45) is 0 Å². The van der Waals surface area contributed by atoms with Crippen LogP contribution in [0, 0.1) is 12.7 Å². The molecule has 78 valence electrons. The van der Waals surface area contributed by atoms with Crippen LogP contribution >= 0.6 is 11.6 Å². The van der Waals surface area contributed by atoms with Gasteiger partial charge in [0.1, 0.15) is 5.69 Å². The minimum Gasteiger partial charge on any atom is -0.396 e. The van der Waals surface area contributed by atoms with Crippen LogP contribution < -0.4 is 5.73 Å². The Balaban J connectivity index is 2.64. The first-order valence-corrected chi connectivity index (χ1v) is 4.73. The van der Waals surface area contributed by atoms with E-state index in [0.717, 1.165) is 0 Å². The molecular weight excluding hydrogens is 217 g/mol. The molecule has 0 aliphatic rings. The van der Waals surface area contributed by atoms with Crippen molar-refractivity contribution in [2.45, 2.75) is 6.92 Å². The normalized spacial score (nSPS) is 10.6. The molecule has 3 nitrogen and oxygen atoms in total. The number of anilines is 1. The lowest BCUT2D eigenvalue weighted by molar-refractivity contribution is 0.609. The Morgan fingerprint density at radius 3 is 2.80 bits per heavy atom. The highest BCUT2D eigenvalue weighted by Gasteiger charge is 2.11. The summed E-state index contributed by atoms with van der Waals surface area (Å²) < 4.78 is 15.1. The van der Waals surface area contributed by atoms with Crippen LogP contribution in [0.2, 0.25) is 5.02 Å². The molecule has 0 bridgehead atoms. The molecule has 0 fully saturated rings. The molecule has 0 radical (unpaired) electrons. The number of benzene rings is 1. The van der Waals surface area contributed by atoms with E-state index in [9.17, 15) is 4.39 Å². The van der Waals surface area contributed by atoms with Crippen molar-refractivity contribution in [1.29, 1.82) is 0 Å². The summed E-state index contributed by atoms with van der Waals surface area (Å²) in [5, 5.41) is 4.05. The van der Waals surface area contributed by atoms with Crippen LogP contribution in [0.4, 0.5) is 10.1 Å². The maximum atomic E-state index is 13.6. The van der Waals surface area contributed by atoms with E-state index < -0.39 is 5.82 Å². The molecule has 0 aliphatic heterocycles. The molecule has 0 saturated carbocycles. The third-order valence-corrected chi connectivity index (χ3v) is 2.50. The first-order valence-electron chi connectivity index (χ1n) is 4.35. The van der Waals surface area contributed by atoms with E-state index in [-0.39, 0.29) is 5.02 Å². The van der Waals surface area contributed by atoms with Gasteiger partial charge in [0.2, 0.25) is 0 Å². The number of nitrogens with zero attached hydrogens (tertiary/aromatic N) is 2. The zero-order valence-corrected chi connectivity index (χ0v) is 8.79. The van der Waals surface area contributed by atoms with Crippen molar-refractivity contribution in [3.05, 3.63) is 40.9 Å². The van der Waals surface area contributed by atoms with Crippen molar-refractivity contribution in [2.75, 3.05) is 5.73 Å². The number of nitrogen functional groups attached to an aromatic ring is 1. The molecule has 1 aromatic heterocycles. The lowest BCUT2D eigenvalue weighted by Gasteiger charge is -2.06. The second-order valence-electron chi connectivity index (χ2n) is 3.17. The average molecular weight is 226 g/mol. The van der Waals surface area contributed by atoms with Crippen molar-refractivity contribution in [1.82, 2.24) is 9.78 Å². The number of rotatable bonds is 1. The zero-order valence-electron chi connectivity index (χ0n) is 8.04. The minimum absolute atomic E-state index is 0.0703. The molecule has 0 amide bonds. The second-order valence-corrected chi connectivity index (χ2v) is 3.58. The molecule has 2 rings (SSSR count). The Kier molecular flexibility index (Phi) is 2.36. The van der Waals surface area contributed by atoms with Gasteiger partial charge in [-0.2, -0.15) is 5.10 Å². The predicted octanol–water partition coefficient (Wildman–Crippen LogP) is 2.56. The smallest absolute Gasteiger partial charge is 0.167 e. The summed E-state index contributed by atoms with van der Waals surface area (Å²) in [6.45, 7) is 1.77. The Bertz CT molecular complexity index is 507. The van der Waals surface area contributed by atoms with Gasteiger partial charge in [0.25, 0.3) is 0 Å². The fraction of sp³-hybridized carbons (Fsp3) is 0.100. The van der Waals surface area contributed by atoms with Crippen LogP contribution in [0.15, 0.2) is 24.4 Å². The highest BCUT2D eigenvalue weighted by molar-refractivity contribution is 6.30. The number of nitrogens with two attached hydrogens (primary N) is 1. The van der Waals surface area contributed by atoms with Gasteiger partial charge in [-0.3, -0.25) is 0 Å². The van der Waals surface area contributed by atoms with Crippen molar-refractivity contribution < 1.29 is 4.39 Å². The lowest BCUT2D eigenvalue weighted by Crippen LogP contribution is -2.02. The topological polar surface area (TPSA) is 43.8 Å². The number of hydrogen-bond acceptors (Lipinski definition) is 2. The first-order chi connectivity index (χ1) is 7.11. The predicted molar refractivity (Wildman–Crippen MR) is 57.7 cm³/mol. The minimum atomic E-state index is -0.495. The summed E-state index contributed by atoms with van der Waals surface area (Å²) in [6, 6.07) is 4.75. The number of halogens is 2. The molecule has 2 aromatic rings. The molecule has 0 saturated heterocycles. The highest BCUT2D eigenvalue weighted by atomic mass is 35.5. The Morgan fingerprint density at radius 1 is 1.47 bits per heavy atom. The van der Waals surface area contributed by atoms with Gasteiger partial charge in [0.05, 0.1) is 22.6 Å². The molecule has 5 heteroatoms. The molecule has 0 atom stereocenters. The summed E-state index contributed by atoms with van der Waals surface area (Å²) in [6.07, 6.45) is 1.48. The van der Waals surface area contributed by atoms with E-state index in [2.05, 4.69) is 5.10 Å². The fourth-order valence-corrected chi connectivity index (χ4v) is 1.49. The van der Waals surface area contributed by atoms with E-state index in [4.69, 9.17) is 17.3 Å². The van der Waals surface area contributed by atoms with E-state index in [1.807, 2.05) is 0 Å². The molecule has 2 N–H and O–H groups in total. The van der Waals surface area contributed by atoms with Crippen LogP contribution in [0.3, 0.4) is 0 Å². The number of hydrogen-bond donors (Lipinski definition) is 1. The molecule has 1 aromatic carbocycles. The van der Waals surface area contributed by atoms with E-state index in [1.54, 1.807) is 19.1 Å². The third kappa shape index (κ3) is 1.57. The number of aromatic nitrogens is 2. The quantitative estimate of drug-likeness (QED) is 0.811. The van der Waals surface area contributed by atoms with Gasteiger partial charge in [0.15, 0.2) is 5.82 Å². The first kappa shape index (κ1) is 9.98. The summed E-state index contributed by atoms with van der Waals surface area (Å²) in [5.41, 5.74) is 7.14. The van der Waals surface area contributed by atoms with Gasteiger partial charge in [-0.25, -0.2) is 9.07 Å². The largest absolute Gasteiger partial charge is 0.396 e. The zero-order chi connectivity index (χ0) is 11.0. The summed E-state index contributed by atoms with van der Waals surface area (Å²) in [4.78, 5) is 0. The van der Waals surface area contributed by atoms with E-state index in [0.29, 0.717) is 17.1 Å². The van der Waals surface area contributed by atoms with Crippen LogP contribution in [0.5, 0.6) is 0 Å². The van der Waals surface area contributed by atoms with Gasteiger partial charge in [-0.05, 0) is 19.1 Å². The molecule has 0 unspecified atom stereocenters. The molecule has 0 aliphatic carbocycles. The van der Waals surface area contributed by atoms with Crippen LogP contribution in [-0.4, -0.2) is 9.78 Å². The van der Waals surface area contributed by atoms with Gasteiger partial charge < -0.3 is 5.73 Å². The van der Waals surface area contributed by atoms with Gasteiger partial charge in [0, 0.05) is 0 Å². The van der Waals surface area contributed by atoms with Crippen LogP contribution in [0.25, 0.3) is 5.69 Å².